The molecule has 3 rings (SSSR count). The molecular formula is C13H6Cl2FN3. The van der Waals surface area contributed by atoms with Gasteiger partial charge in [-0.3, -0.25) is 0 Å². The van der Waals surface area contributed by atoms with Crippen LogP contribution in [0.3, 0.4) is 0 Å². The van der Waals surface area contributed by atoms with E-state index in [1.807, 2.05) is 0 Å². The van der Waals surface area contributed by atoms with Gasteiger partial charge in [-0.05, 0) is 48.0 Å². The fourth-order valence-electron chi connectivity index (χ4n) is 1.73. The van der Waals surface area contributed by atoms with Crippen molar-refractivity contribution in [3.8, 4) is 11.3 Å². The van der Waals surface area contributed by atoms with Crippen LogP contribution >= 0.6 is 23.2 Å². The van der Waals surface area contributed by atoms with Crippen LogP contribution in [0.4, 0.5) is 4.39 Å². The summed E-state index contributed by atoms with van der Waals surface area (Å²) in [6, 6.07) is 9.57. The molecule has 0 N–H and O–H groups in total. The van der Waals surface area contributed by atoms with Crippen molar-refractivity contribution < 1.29 is 4.39 Å². The maximum atomic E-state index is 12.9. The average Bonchev–Trinajstić information content (AvgIpc) is 2.39. The van der Waals surface area contributed by atoms with Gasteiger partial charge in [-0.25, -0.2) is 19.3 Å². The number of halogens is 3. The summed E-state index contributed by atoms with van der Waals surface area (Å²) in [6.45, 7) is 0. The second kappa shape index (κ2) is 4.72. The topological polar surface area (TPSA) is 38.7 Å². The smallest absolute Gasteiger partial charge is 0.224 e. The van der Waals surface area contributed by atoms with Crippen LogP contribution in [0.5, 0.6) is 0 Å². The van der Waals surface area contributed by atoms with Crippen LogP contribution in [0, 0.1) is 5.82 Å². The highest BCUT2D eigenvalue weighted by molar-refractivity contribution is 6.35. The van der Waals surface area contributed by atoms with Gasteiger partial charge in [0.1, 0.15) is 11.3 Å². The van der Waals surface area contributed by atoms with Crippen LogP contribution in [-0.4, -0.2) is 15.0 Å². The predicted molar refractivity (Wildman–Crippen MR) is 72.7 cm³/mol. The summed E-state index contributed by atoms with van der Waals surface area (Å²) in [6.07, 6.45) is 0. The van der Waals surface area contributed by atoms with E-state index < -0.39 is 0 Å². The quantitative estimate of drug-likeness (QED) is 0.500. The van der Waals surface area contributed by atoms with Gasteiger partial charge in [-0.15, -0.1) is 0 Å². The van der Waals surface area contributed by atoms with Crippen molar-refractivity contribution in [1.82, 2.24) is 15.0 Å². The molecule has 0 aliphatic rings. The molecule has 2 heterocycles. The molecule has 0 radical (unpaired) electrons. The number of rotatable bonds is 1. The summed E-state index contributed by atoms with van der Waals surface area (Å²) in [5.74, 6) is -0.294. The molecule has 94 valence electrons. The van der Waals surface area contributed by atoms with Gasteiger partial charge < -0.3 is 0 Å². The van der Waals surface area contributed by atoms with E-state index in [9.17, 15) is 4.39 Å². The monoisotopic (exact) mass is 293 g/mol. The minimum Gasteiger partial charge on any atom is -0.243 e. The van der Waals surface area contributed by atoms with Crippen molar-refractivity contribution in [1.29, 1.82) is 0 Å². The SMILES string of the molecule is Fc1ccc(-c2ccc3nc(Cl)nc(Cl)c3n2)cc1. The number of aromatic nitrogens is 3. The van der Waals surface area contributed by atoms with Crippen molar-refractivity contribution in [3.63, 3.8) is 0 Å². The van der Waals surface area contributed by atoms with Crippen LogP contribution in [0.2, 0.25) is 10.4 Å². The van der Waals surface area contributed by atoms with Crippen LogP contribution in [0.1, 0.15) is 0 Å². The highest BCUT2D eigenvalue weighted by Crippen LogP contribution is 2.24. The van der Waals surface area contributed by atoms with E-state index in [4.69, 9.17) is 23.2 Å². The Balaban J connectivity index is 2.19. The molecular weight excluding hydrogens is 288 g/mol. The van der Waals surface area contributed by atoms with Gasteiger partial charge in [0.25, 0.3) is 0 Å². The molecule has 1 aromatic carbocycles. The third kappa shape index (κ3) is 2.37. The maximum Gasteiger partial charge on any atom is 0.224 e. The molecule has 0 aliphatic carbocycles. The fourth-order valence-corrected chi connectivity index (χ4v) is 2.17. The van der Waals surface area contributed by atoms with Gasteiger partial charge in [-0.1, -0.05) is 11.6 Å². The fraction of sp³-hybridized carbons (Fsp3) is 0. The van der Waals surface area contributed by atoms with Crippen molar-refractivity contribution in [2.24, 2.45) is 0 Å². The van der Waals surface area contributed by atoms with Crippen molar-refractivity contribution in [2.45, 2.75) is 0 Å². The molecule has 3 aromatic rings. The summed E-state index contributed by atoms with van der Waals surface area (Å²) < 4.78 is 12.9. The maximum absolute atomic E-state index is 12.9. The first kappa shape index (κ1) is 12.3. The average molecular weight is 294 g/mol. The van der Waals surface area contributed by atoms with Gasteiger partial charge in [0.15, 0.2) is 5.15 Å². The molecule has 19 heavy (non-hydrogen) atoms. The third-order valence-electron chi connectivity index (χ3n) is 2.61. The van der Waals surface area contributed by atoms with Crippen LogP contribution in [0.15, 0.2) is 36.4 Å². The molecule has 2 aromatic heterocycles. The van der Waals surface area contributed by atoms with Gasteiger partial charge >= 0.3 is 0 Å². The zero-order valence-electron chi connectivity index (χ0n) is 9.44. The lowest BCUT2D eigenvalue weighted by Crippen LogP contribution is -1.92. The first-order valence-corrected chi connectivity index (χ1v) is 6.15. The predicted octanol–water partition coefficient (Wildman–Crippen LogP) is 4.14. The Kier molecular flexibility index (Phi) is 3.05. The van der Waals surface area contributed by atoms with Crippen LogP contribution in [0.25, 0.3) is 22.3 Å². The molecule has 6 heteroatoms. The van der Waals surface area contributed by atoms with Crippen LogP contribution < -0.4 is 0 Å². The van der Waals surface area contributed by atoms with Gasteiger partial charge in [0.2, 0.25) is 5.28 Å². The van der Waals surface area contributed by atoms with Crippen LogP contribution in [-0.2, 0) is 0 Å². The largest absolute Gasteiger partial charge is 0.243 e. The number of hydrogen-bond donors (Lipinski definition) is 0. The second-order valence-electron chi connectivity index (χ2n) is 3.85. The van der Waals surface area contributed by atoms with E-state index in [-0.39, 0.29) is 16.3 Å². The molecule has 0 atom stereocenters. The Morgan fingerprint density at radius 3 is 2.32 bits per heavy atom. The molecule has 0 bridgehead atoms. The summed E-state index contributed by atoms with van der Waals surface area (Å²) in [5.41, 5.74) is 2.48. The van der Waals surface area contributed by atoms with E-state index in [1.165, 1.54) is 12.1 Å². The van der Waals surface area contributed by atoms with E-state index in [0.29, 0.717) is 16.7 Å². The van der Waals surface area contributed by atoms with Gasteiger partial charge in [0.05, 0.1) is 11.2 Å². The van der Waals surface area contributed by atoms with E-state index in [2.05, 4.69) is 15.0 Å². The van der Waals surface area contributed by atoms with Crippen molar-refractivity contribution in [2.75, 3.05) is 0 Å². The minimum absolute atomic E-state index is 0.0776. The Morgan fingerprint density at radius 2 is 1.58 bits per heavy atom. The second-order valence-corrected chi connectivity index (χ2v) is 4.55. The number of hydrogen-bond acceptors (Lipinski definition) is 3. The lowest BCUT2D eigenvalue weighted by atomic mass is 10.1. The number of pyridine rings is 1. The van der Waals surface area contributed by atoms with Gasteiger partial charge in [-0.2, -0.15) is 0 Å². The zero-order chi connectivity index (χ0) is 13.4. The van der Waals surface area contributed by atoms with E-state index in [1.54, 1.807) is 24.3 Å². The lowest BCUT2D eigenvalue weighted by Gasteiger charge is -2.04. The Bertz CT molecular complexity index is 760. The zero-order valence-corrected chi connectivity index (χ0v) is 11.0. The molecule has 3 nitrogen and oxygen atoms in total. The summed E-state index contributed by atoms with van der Waals surface area (Å²) in [5, 5.41) is 0.271. The molecule has 0 spiro atoms. The third-order valence-corrected chi connectivity index (χ3v) is 3.05. The summed E-state index contributed by atoms with van der Waals surface area (Å²) in [4.78, 5) is 12.3. The number of fused-ring (bicyclic) bond motifs is 1. The molecule has 0 aliphatic heterocycles. The number of nitrogens with zero attached hydrogens (tertiary/aromatic N) is 3. The highest BCUT2D eigenvalue weighted by Gasteiger charge is 2.08. The molecule has 0 saturated carbocycles. The molecule has 0 saturated heterocycles. The summed E-state index contributed by atoms with van der Waals surface area (Å²) in [7, 11) is 0. The number of benzene rings is 1. The van der Waals surface area contributed by atoms with Gasteiger partial charge in [0, 0.05) is 5.56 Å². The van der Waals surface area contributed by atoms with E-state index in [0.717, 1.165) is 5.56 Å². The Morgan fingerprint density at radius 1 is 0.842 bits per heavy atom. The Labute approximate surface area is 118 Å². The van der Waals surface area contributed by atoms with Crippen molar-refractivity contribution >= 4 is 34.2 Å². The standard InChI is InChI=1S/C13H6Cl2FN3/c14-12-11-10(18-13(15)19-12)6-5-9(17-11)7-1-3-8(16)4-2-7/h1-6H. The lowest BCUT2D eigenvalue weighted by molar-refractivity contribution is 0.628. The first-order chi connectivity index (χ1) is 9.13. The van der Waals surface area contributed by atoms with Crippen molar-refractivity contribution in [3.05, 3.63) is 52.7 Å². The molecule has 0 unspecified atom stereocenters. The Hall–Kier alpha value is -1.78. The first-order valence-electron chi connectivity index (χ1n) is 5.39. The highest BCUT2D eigenvalue weighted by atomic mass is 35.5. The molecule has 0 fully saturated rings. The van der Waals surface area contributed by atoms with E-state index >= 15 is 0 Å². The minimum atomic E-state index is -0.294. The summed E-state index contributed by atoms with van der Waals surface area (Å²) >= 11 is 11.7. The normalized spacial score (nSPS) is 10.9. The molecule has 0 amide bonds.